The van der Waals surface area contributed by atoms with E-state index in [2.05, 4.69) is 46.6 Å². The van der Waals surface area contributed by atoms with Gasteiger partial charge in [0.25, 0.3) is 0 Å². The van der Waals surface area contributed by atoms with Gasteiger partial charge in [-0.2, -0.15) is 0 Å². The first-order valence-electron chi connectivity index (χ1n) is 6.39. The Morgan fingerprint density at radius 2 is 2.00 bits per heavy atom. The van der Waals surface area contributed by atoms with E-state index in [1.165, 1.54) is 0 Å². The minimum atomic E-state index is -0.182. The van der Waals surface area contributed by atoms with Crippen molar-refractivity contribution in [1.82, 2.24) is 4.90 Å². The van der Waals surface area contributed by atoms with Gasteiger partial charge in [-0.3, -0.25) is 4.90 Å². The first kappa shape index (κ1) is 13.3. The summed E-state index contributed by atoms with van der Waals surface area (Å²) in [6, 6.07) is 0.322. The molecular weight excluding hydrogens is 218 g/mol. The molecule has 0 amide bonds. The van der Waals surface area contributed by atoms with E-state index < -0.39 is 0 Å². The molecular formula is C13H25NO3. The summed E-state index contributed by atoms with van der Waals surface area (Å²) in [5.74, 6) is 0. The van der Waals surface area contributed by atoms with E-state index >= 15 is 0 Å². The van der Waals surface area contributed by atoms with E-state index in [0.29, 0.717) is 12.8 Å². The van der Waals surface area contributed by atoms with E-state index in [1.54, 1.807) is 0 Å². The maximum atomic E-state index is 5.97. The van der Waals surface area contributed by atoms with Gasteiger partial charge in [0, 0.05) is 6.42 Å². The summed E-state index contributed by atoms with van der Waals surface area (Å²) in [6.07, 6.45) is 0.759. The largest absolute Gasteiger partial charge is 0.358 e. The van der Waals surface area contributed by atoms with E-state index in [4.69, 9.17) is 14.2 Å². The zero-order valence-corrected chi connectivity index (χ0v) is 11.8. The molecule has 2 fully saturated rings. The number of ether oxygens (including phenoxy) is 3. The Bertz CT molecular complexity index is 289. The summed E-state index contributed by atoms with van der Waals surface area (Å²) >= 11 is 0. The first-order valence-corrected chi connectivity index (χ1v) is 6.39. The lowest BCUT2D eigenvalue weighted by Gasteiger charge is -2.45. The van der Waals surface area contributed by atoms with Crippen LogP contribution in [0.5, 0.6) is 0 Å². The average Bonchev–Trinajstić information content (AvgIpc) is 2.38. The van der Waals surface area contributed by atoms with Gasteiger partial charge >= 0.3 is 0 Å². The molecule has 4 nitrogen and oxygen atoms in total. The number of hydrogen-bond acceptors (Lipinski definition) is 4. The molecule has 0 N–H and O–H groups in total. The van der Waals surface area contributed by atoms with Gasteiger partial charge in [-0.1, -0.05) is 0 Å². The van der Waals surface area contributed by atoms with Crippen LogP contribution in [0.25, 0.3) is 0 Å². The predicted octanol–water partition coefficient (Wildman–Crippen LogP) is 1.98. The van der Waals surface area contributed by atoms with Gasteiger partial charge in [-0.25, -0.2) is 0 Å². The average molecular weight is 243 g/mol. The summed E-state index contributed by atoms with van der Waals surface area (Å²) in [5.41, 5.74) is -0.333. The summed E-state index contributed by atoms with van der Waals surface area (Å²) in [7, 11) is 2.08. The number of nitrogens with zero attached hydrogens (tertiary/aromatic N) is 1. The Morgan fingerprint density at radius 1 is 1.35 bits per heavy atom. The van der Waals surface area contributed by atoms with Gasteiger partial charge in [0.15, 0.2) is 6.29 Å². The topological polar surface area (TPSA) is 30.9 Å². The van der Waals surface area contributed by atoms with Crippen LogP contribution in [0.1, 0.15) is 41.0 Å². The molecule has 0 saturated carbocycles. The van der Waals surface area contributed by atoms with Crippen molar-refractivity contribution in [1.29, 1.82) is 0 Å². The number of rotatable bonds is 1. The third kappa shape index (κ3) is 2.65. The third-order valence-corrected chi connectivity index (χ3v) is 3.57. The molecule has 4 heteroatoms. The van der Waals surface area contributed by atoms with Crippen molar-refractivity contribution < 1.29 is 14.2 Å². The molecule has 0 aliphatic carbocycles. The van der Waals surface area contributed by atoms with Crippen LogP contribution in [0, 0.1) is 0 Å². The summed E-state index contributed by atoms with van der Waals surface area (Å²) in [4.78, 5) is 2.22. The molecule has 17 heavy (non-hydrogen) atoms. The van der Waals surface area contributed by atoms with Crippen molar-refractivity contribution in [3.05, 3.63) is 0 Å². The second-order valence-corrected chi connectivity index (χ2v) is 6.49. The summed E-state index contributed by atoms with van der Waals surface area (Å²) in [5, 5.41) is 0. The fourth-order valence-electron chi connectivity index (χ4n) is 3.07. The van der Waals surface area contributed by atoms with Gasteiger partial charge in [0.1, 0.15) is 0 Å². The fraction of sp³-hybridized carbons (Fsp3) is 1.00. The number of likely N-dealkylation sites (N-methyl/N-ethyl adjacent to an activating group) is 1. The molecule has 0 aromatic carbocycles. The highest BCUT2D eigenvalue weighted by Gasteiger charge is 2.52. The Morgan fingerprint density at radius 3 is 2.59 bits per heavy atom. The van der Waals surface area contributed by atoms with Gasteiger partial charge in [-0.05, 0) is 41.7 Å². The van der Waals surface area contributed by atoms with Crippen LogP contribution in [-0.4, -0.2) is 48.3 Å². The van der Waals surface area contributed by atoms with Crippen molar-refractivity contribution in [2.24, 2.45) is 0 Å². The maximum absolute atomic E-state index is 5.97. The molecule has 2 rings (SSSR count). The van der Waals surface area contributed by atoms with Crippen molar-refractivity contribution in [3.8, 4) is 0 Å². The van der Waals surface area contributed by atoms with Crippen molar-refractivity contribution in [2.75, 3.05) is 13.8 Å². The van der Waals surface area contributed by atoms with Gasteiger partial charge in [-0.15, -0.1) is 0 Å². The van der Waals surface area contributed by atoms with Crippen LogP contribution in [0.15, 0.2) is 0 Å². The molecule has 2 heterocycles. The molecule has 0 aromatic rings. The Kier molecular flexibility index (Phi) is 3.28. The maximum Gasteiger partial charge on any atom is 0.161 e. The van der Waals surface area contributed by atoms with E-state index in [1.807, 2.05) is 0 Å². The molecule has 0 aromatic heterocycles. The Hall–Kier alpha value is -0.160. The highest BCUT2D eigenvalue weighted by Crippen LogP contribution is 2.40. The Balaban J connectivity index is 2.09. The van der Waals surface area contributed by atoms with Crippen LogP contribution in [0.2, 0.25) is 0 Å². The van der Waals surface area contributed by atoms with Crippen LogP contribution < -0.4 is 0 Å². The van der Waals surface area contributed by atoms with Crippen LogP contribution in [0.4, 0.5) is 0 Å². The number of fused-ring (bicyclic) bond motifs is 1. The minimum absolute atomic E-state index is 0.133. The second kappa shape index (κ2) is 4.19. The molecule has 0 bridgehead atoms. The molecule has 0 radical (unpaired) electrons. The van der Waals surface area contributed by atoms with E-state index in [9.17, 15) is 0 Å². The monoisotopic (exact) mass is 243 g/mol. The molecule has 2 saturated heterocycles. The lowest BCUT2D eigenvalue weighted by molar-refractivity contribution is -0.266. The van der Waals surface area contributed by atoms with E-state index in [0.717, 1.165) is 6.42 Å². The minimum Gasteiger partial charge on any atom is -0.358 e. The summed E-state index contributed by atoms with van der Waals surface area (Å²) in [6.45, 7) is 11.1. The Labute approximate surface area is 104 Å². The normalized spacial score (nSPS) is 43.8. The highest BCUT2D eigenvalue weighted by molar-refractivity contribution is 5.01. The van der Waals surface area contributed by atoms with Gasteiger partial charge in [0.2, 0.25) is 0 Å². The highest BCUT2D eigenvalue weighted by atomic mass is 16.7. The lowest BCUT2D eigenvalue weighted by atomic mass is 9.86. The molecule has 2 aliphatic heterocycles. The molecule has 2 aliphatic rings. The smallest absolute Gasteiger partial charge is 0.161 e. The molecule has 0 spiro atoms. The predicted molar refractivity (Wildman–Crippen MR) is 65.7 cm³/mol. The van der Waals surface area contributed by atoms with Gasteiger partial charge in [0.05, 0.1) is 30.1 Å². The third-order valence-electron chi connectivity index (χ3n) is 3.57. The van der Waals surface area contributed by atoms with Crippen LogP contribution >= 0.6 is 0 Å². The standard InChI is InChI=1S/C13H25NO3/c1-9-11-13(5,15-8-14(11)6)7-10(16-9)17-12(2,3)4/h9-11H,7-8H2,1-6H3/t9-,10-,11+,13-/m0/s1. The van der Waals surface area contributed by atoms with Crippen molar-refractivity contribution in [2.45, 2.75) is 70.7 Å². The second-order valence-electron chi connectivity index (χ2n) is 6.49. The van der Waals surface area contributed by atoms with Crippen LogP contribution in [0.3, 0.4) is 0 Å². The zero-order valence-electron chi connectivity index (χ0n) is 11.8. The molecule has 4 atom stereocenters. The van der Waals surface area contributed by atoms with Crippen molar-refractivity contribution in [3.63, 3.8) is 0 Å². The SMILES string of the molecule is C[C@@H]1O[C@@H](OC(C)(C)C)C[C@]2(C)OCN(C)[C@H]12. The number of hydrogen-bond donors (Lipinski definition) is 0. The first-order chi connectivity index (χ1) is 7.71. The lowest BCUT2D eigenvalue weighted by Crippen LogP contribution is -2.57. The fourth-order valence-corrected chi connectivity index (χ4v) is 3.07. The molecule has 0 unspecified atom stereocenters. The van der Waals surface area contributed by atoms with Crippen molar-refractivity contribution >= 4 is 0 Å². The quantitative estimate of drug-likeness (QED) is 0.704. The van der Waals surface area contributed by atoms with Gasteiger partial charge < -0.3 is 14.2 Å². The zero-order chi connectivity index (χ0) is 12.8. The molecule has 100 valence electrons. The van der Waals surface area contributed by atoms with E-state index in [-0.39, 0.29) is 23.6 Å². The summed E-state index contributed by atoms with van der Waals surface area (Å²) < 4.78 is 17.8. The van der Waals surface area contributed by atoms with Crippen LogP contribution in [-0.2, 0) is 14.2 Å².